The first kappa shape index (κ1) is 22.3. The number of halogens is 6. The van der Waals surface area contributed by atoms with Crippen LogP contribution >= 0.6 is 15.9 Å². The molecule has 0 radical (unpaired) electrons. The van der Waals surface area contributed by atoms with Crippen molar-refractivity contribution in [3.05, 3.63) is 46.2 Å². The number of benzene rings is 1. The maximum atomic E-state index is 13.4. The van der Waals surface area contributed by atoms with Gasteiger partial charge in [-0.3, -0.25) is 4.79 Å². The van der Waals surface area contributed by atoms with E-state index < -0.39 is 44.7 Å². The van der Waals surface area contributed by atoms with Crippen LogP contribution in [0.2, 0.25) is 0 Å². The summed E-state index contributed by atoms with van der Waals surface area (Å²) in [5.74, 6) is -3.27. The van der Waals surface area contributed by atoms with Gasteiger partial charge in [-0.05, 0) is 35.0 Å². The number of hydrogen-bond acceptors (Lipinski definition) is 3. The smallest absolute Gasteiger partial charge is 0.345 e. The third-order valence-corrected chi connectivity index (χ3v) is 5.67. The molecule has 1 aromatic carbocycles. The summed E-state index contributed by atoms with van der Waals surface area (Å²) in [6, 6.07) is 0.319. The molecule has 154 valence electrons. The number of sulfonamides is 1. The van der Waals surface area contributed by atoms with Gasteiger partial charge in [-0.15, -0.1) is 0 Å². The molecule has 0 spiro atoms. The number of carbonyl (C=O) groups is 1. The highest BCUT2D eigenvalue weighted by Crippen LogP contribution is 2.25. The van der Waals surface area contributed by atoms with Crippen LogP contribution in [-0.4, -0.2) is 31.1 Å². The van der Waals surface area contributed by atoms with E-state index in [1.807, 2.05) is 0 Å². The fourth-order valence-corrected chi connectivity index (χ4v) is 3.83. The van der Waals surface area contributed by atoms with Crippen LogP contribution in [0, 0.1) is 11.6 Å². The molecule has 0 aliphatic carbocycles. The maximum absolute atomic E-state index is 13.4. The predicted octanol–water partition coefficient (Wildman–Crippen LogP) is 3.55. The molecule has 2 rings (SSSR count). The fourth-order valence-electron chi connectivity index (χ4n) is 2.10. The van der Waals surface area contributed by atoms with E-state index in [-0.39, 0.29) is 15.9 Å². The van der Waals surface area contributed by atoms with E-state index >= 15 is 0 Å². The predicted molar refractivity (Wildman–Crippen MR) is 93.3 cm³/mol. The first-order valence-electron chi connectivity index (χ1n) is 7.43. The van der Waals surface area contributed by atoms with Crippen molar-refractivity contribution >= 4 is 37.5 Å². The zero-order valence-electron chi connectivity index (χ0n) is 14.2. The molecular weight excluding hydrogens is 477 g/mol. The van der Waals surface area contributed by atoms with Crippen molar-refractivity contribution in [2.75, 3.05) is 5.32 Å². The number of carbonyl (C=O) groups excluding carboxylic acids is 1. The number of alkyl halides is 3. The van der Waals surface area contributed by atoms with Gasteiger partial charge in [0.25, 0.3) is 5.91 Å². The van der Waals surface area contributed by atoms with Crippen LogP contribution in [0.3, 0.4) is 0 Å². The lowest BCUT2D eigenvalue weighted by atomic mass is 10.3. The first-order valence-corrected chi connectivity index (χ1v) is 9.71. The van der Waals surface area contributed by atoms with Gasteiger partial charge in [0, 0.05) is 25.0 Å². The maximum Gasteiger partial charge on any atom is 0.404 e. The highest BCUT2D eigenvalue weighted by atomic mass is 79.9. The Kier molecular flexibility index (Phi) is 6.21. The number of hydrogen-bond donors (Lipinski definition) is 2. The third-order valence-electron chi connectivity index (χ3n) is 3.59. The zero-order valence-corrected chi connectivity index (χ0v) is 16.6. The Morgan fingerprint density at radius 3 is 2.36 bits per heavy atom. The second-order valence-electron chi connectivity index (χ2n) is 5.76. The summed E-state index contributed by atoms with van der Waals surface area (Å²) in [5, 5.41) is 2.25. The summed E-state index contributed by atoms with van der Waals surface area (Å²) in [5.41, 5.74) is -0.355. The average molecular weight is 490 g/mol. The van der Waals surface area contributed by atoms with E-state index in [1.165, 1.54) is 11.8 Å². The molecule has 13 heteroatoms. The standard InChI is InChI=1S/C15H13BrF5N3O3S/c1-7(15(19,20)21)23-28(26,27)9-5-12(24(2)6-9)14(25)22-8-3-10(16)13(18)11(17)4-8/h3-7,23H,1-2H3,(H,22,25)/t7-/m0/s1. The van der Waals surface area contributed by atoms with Crippen molar-refractivity contribution in [3.63, 3.8) is 0 Å². The molecule has 1 heterocycles. The van der Waals surface area contributed by atoms with E-state index in [0.717, 1.165) is 22.9 Å². The Labute approximate surface area is 164 Å². The number of amides is 1. The van der Waals surface area contributed by atoms with Crippen molar-refractivity contribution in [1.29, 1.82) is 0 Å². The second-order valence-corrected chi connectivity index (χ2v) is 8.33. The summed E-state index contributed by atoms with van der Waals surface area (Å²) in [4.78, 5) is 11.7. The van der Waals surface area contributed by atoms with Crippen LogP contribution in [0.25, 0.3) is 0 Å². The molecule has 0 saturated heterocycles. The van der Waals surface area contributed by atoms with Gasteiger partial charge in [-0.1, -0.05) is 0 Å². The molecule has 0 aliphatic rings. The van der Waals surface area contributed by atoms with Crippen LogP contribution in [0.15, 0.2) is 33.8 Å². The molecule has 2 N–H and O–H groups in total. The molecule has 28 heavy (non-hydrogen) atoms. The Hall–Kier alpha value is -1.99. The van der Waals surface area contributed by atoms with Crippen molar-refractivity contribution in [2.45, 2.75) is 24.0 Å². The third kappa shape index (κ3) is 4.89. The molecule has 6 nitrogen and oxygen atoms in total. The number of aromatic nitrogens is 1. The SMILES string of the molecule is C[C@H](NS(=O)(=O)c1cc(C(=O)Nc2cc(F)c(F)c(Br)c2)n(C)c1)C(F)(F)F. The van der Waals surface area contributed by atoms with Crippen molar-refractivity contribution < 1.29 is 35.2 Å². The Morgan fingerprint density at radius 1 is 1.21 bits per heavy atom. The minimum absolute atomic E-state index is 0.120. The van der Waals surface area contributed by atoms with E-state index in [1.54, 1.807) is 0 Å². The molecule has 0 bridgehead atoms. The molecule has 0 aliphatic heterocycles. The van der Waals surface area contributed by atoms with Gasteiger partial charge in [-0.2, -0.15) is 17.9 Å². The van der Waals surface area contributed by atoms with Crippen molar-refractivity contribution in [3.8, 4) is 0 Å². The van der Waals surface area contributed by atoms with Gasteiger partial charge >= 0.3 is 6.18 Å². The van der Waals surface area contributed by atoms with Gasteiger partial charge in [0.1, 0.15) is 16.6 Å². The highest BCUT2D eigenvalue weighted by Gasteiger charge is 2.39. The molecule has 1 aromatic heterocycles. The lowest BCUT2D eigenvalue weighted by Crippen LogP contribution is -2.42. The van der Waals surface area contributed by atoms with Gasteiger partial charge in [0.05, 0.1) is 4.47 Å². The summed E-state index contributed by atoms with van der Waals surface area (Å²) < 4.78 is 90.9. The summed E-state index contributed by atoms with van der Waals surface area (Å²) >= 11 is 2.78. The normalized spacial score (nSPS) is 13.4. The fraction of sp³-hybridized carbons (Fsp3) is 0.267. The number of nitrogens with one attached hydrogen (secondary N) is 2. The van der Waals surface area contributed by atoms with E-state index in [4.69, 9.17) is 0 Å². The Bertz CT molecular complexity index is 997. The van der Waals surface area contributed by atoms with Crippen molar-refractivity contribution in [1.82, 2.24) is 9.29 Å². The lowest BCUT2D eigenvalue weighted by Gasteiger charge is -2.16. The topological polar surface area (TPSA) is 80.2 Å². The number of rotatable bonds is 5. The summed E-state index contributed by atoms with van der Waals surface area (Å²) in [6.07, 6.45) is -3.84. The highest BCUT2D eigenvalue weighted by molar-refractivity contribution is 9.10. The number of anilines is 1. The van der Waals surface area contributed by atoms with Crippen LogP contribution in [-0.2, 0) is 17.1 Å². The minimum Gasteiger partial charge on any atom is -0.345 e. The summed E-state index contributed by atoms with van der Waals surface area (Å²) in [7, 11) is -3.26. The van der Waals surface area contributed by atoms with Gasteiger partial charge in [0.15, 0.2) is 11.6 Å². The zero-order chi connectivity index (χ0) is 21.4. The van der Waals surface area contributed by atoms with Gasteiger partial charge in [-0.25, -0.2) is 17.2 Å². The second kappa shape index (κ2) is 7.79. The quantitative estimate of drug-likeness (QED) is 0.497. The van der Waals surface area contributed by atoms with Crippen molar-refractivity contribution in [2.24, 2.45) is 7.05 Å². The van der Waals surface area contributed by atoms with Crippen LogP contribution in [0.1, 0.15) is 17.4 Å². The molecule has 1 amide bonds. The molecule has 0 saturated carbocycles. The molecule has 0 fully saturated rings. The Morgan fingerprint density at radius 2 is 1.82 bits per heavy atom. The monoisotopic (exact) mass is 489 g/mol. The van der Waals surface area contributed by atoms with Gasteiger partial charge in [0.2, 0.25) is 10.0 Å². The van der Waals surface area contributed by atoms with E-state index in [2.05, 4.69) is 21.2 Å². The molecular formula is C15H13BrF5N3O3S. The first-order chi connectivity index (χ1) is 12.7. The van der Waals surface area contributed by atoms with Gasteiger partial charge < -0.3 is 9.88 Å². The van der Waals surface area contributed by atoms with Crippen LogP contribution in [0.4, 0.5) is 27.6 Å². The molecule has 0 unspecified atom stereocenters. The minimum atomic E-state index is -4.79. The lowest BCUT2D eigenvalue weighted by molar-refractivity contribution is -0.147. The molecule has 2 aromatic rings. The van der Waals surface area contributed by atoms with E-state index in [0.29, 0.717) is 13.0 Å². The number of nitrogens with zero attached hydrogens (tertiary/aromatic N) is 1. The molecule has 1 atom stereocenters. The van der Waals surface area contributed by atoms with Crippen LogP contribution in [0.5, 0.6) is 0 Å². The van der Waals surface area contributed by atoms with E-state index in [9.17, 15) is 35.2 Å². The average Bonchev–Trinajstić information content (AvgIpc) is 2.94. The number of aryl methyl sites for hydroxylation is 1. The Balaban J connectivity index is 2.27. The van der Waals surface area contributed by atoms with Crippen LogP contribution < -0.4 is 10.0 Å². The summed E-state index contributed by atoms with van der Waals surface area (Å²) in [6.45, 7) is 0.634. The largest absolute Gasteiger partial charge is 0.404 e.